The fourth-order valence-electron chi connectivity index (χ4n) is 4.62. The van der Waals surface area contributed by atoms with E-state index in [2.05, 4.69) is 17.6 Å². The first-order valence-electron chi connectivity index (χ1n) is 15.0. The minimum atomic E-state index is -1.15. The van der Waals surface area contributed by atoms with Crippen molar-refractivity contribution in [3.05, 3.63) is 29.8 Å². The van der Waals surface area contributed by atoms with E-state index in [0.717, 1.165) is 44.9 Å². The lowest BCUT2D eigenvalue weighted by Gasteiger charge is -2.35. The van der Waals surface area contributed by atoms with E-state index in [1.54, 1.807) is 32.9 Å². The van der Waals surface area contributed by atoms with Gasteiger partial charge in [-0.2, -0.15) is 0 Å². The molecule has 10 nitrogen and oxygen atoms in total. The number of primary amides is 1. The number of carbonyl (C=O) groups is 4. The van der Waals surface area contributed by atoms with Crippen LogP contribution in [0.25, 0.3) is 0 Å². The van der Waals surface area contributed by atoms with Crippen LogP contribution in [0, 0.1) is 0 Å². The van der Waals surface area contributed by atoms with Crippen molar-refractivity contribution in [3.8, 4) is 5.75 Å². The van der Waals surface area contributed by atoms with Crippen LogP contribution in [0.4, 0.5) is 4.79 Å². The van der Waals surface area contributed by atoms with Gasteiger partial charge >= 0.3 is 6.09 Å². The second kappa shape index (κ2) is 18.2. The summed E-state index contributed by atoms with van der Waals surface area (Å²) in [5, 5.41) is 15.9. The number of ether oxygens (including phenoxy) is 1. The highest BCUT2D eigenvalue weighted by Gasteiger charge is 2.36. The van der Waals surface area contributed by atoms with Crippen LogP contribution in [0.3, 0.4) is 0 Å². The summed E-state index contributed by atoms with van der Waals surface area (Å²) in [7, 11) is 0. The first-order valence-corrected chi connectivity index (χ1v) is 15.0. The monoisotopic (exact) mass is 576 g/mol. The normalized spacial score (nSPS) is 13.5. The number of carbonyl (C=O) groups excluding carboxylic acids is 4. The van der Waals surface area contributed by atoms with Crippen molar-refractivity contribution in [2.75, 3.05) is 6.54 Å². The lowest BCUT2D eigenvalue weighted by atomic mass is 10.00. The number of nitrogens with one attached hydrogen (secondary N) is 2. The Hall–Kier alpha value is -3.30. The number of nitrogens with zero attached hydrogens (tertiary/aromatic N) is 1. The minimum Gasteiger partial charge on any atom is -0.508 e. The lowest BCUT2D eigenvalue weighted by Crippen LogP contribution is -2.54. The van der Waals surface area contributed by atoms with Crippen LogP contribution in [0.5, 0.6) is 5.75 Å². The van der Waals surface area contributed by atoms with E-state index in [-0.39, 0.29) is 37.1 Å². The van der Waals surface area contributed by atoms with Crippen molar-refractivity contribution in [3.63, 3.8) is 0 Å². The number of hydrogen-bond donors (Lipinski definition) is 4. The topological polar surface area (TPSA) is 151 Å². The predicted octanol–water partition coefficient (Wildman–Crippen LogP) is 5.09. The molecule has 0 fully saturated rings. The molecular formula is C31H52N4O6. The molecule has 1 rings (SSSR count). The SMILES string of the molecule is CCCCCCCCN(C(=O)C(CCC(N)=O)NC(=O)OC(C)(C)C)C(C(=O)NC(C)CCC)c1cccc(O)c1. The van der Waals surface area contributed by atoms with Gasteiger partial charge in [-0.3, -0.25) is 14.4 Å². The van der Waals surface area contributed by atoms with Gasteiger partial charge in [0.05, 0.1) is 0 Å². The van der Waals surface area contributed by atoms with Gasteiger partial charge in [0.25, 0.3) is 0 Å². The van der Waals surface area contributed by atoms with E-state index < -0.39 is 35.6 Å². The molecule has 0 saturated carbocycles. The van der Waals surface area contributed by atoms with Gasteiger partial charge < -0.3 is 31.1 Å². The molecule has 1 aromatic rings. The highest BCUT2D eigenvalue weighted by Crippen LogP contribution is 2.27. The van der Waals surface area contributed by atoms with Crippen LogP contribution >= 0.6 is 0 Å². The number of hydrogen-bond acceptors (Lipinski definition) is 6. The maximum absolute atomic E-state index is 14.2. The Morgan fingerprint density at radius 1 is 0.976 bits per heavy atom. The molecule has 3 atom stereocenters. The summed E-state index contributed by atoms with van der Waals surface area (Å²) < 4.78 is 5.38. The number of aromatic hydroxyl groups is 1. The summed E-state index contributed by atoms with van der Waals surface area (Å²) in [6.45, 7) is 11.4. The number of rotatable bonds is 18. The van der Waals surface area contributed by atoms with Gasteiger partial charge in [-0.1, -0.05) is 64.5 Å². The largest absolute Gasteiger partial charge is 0.508 e. The standard InChI is InChI=1S/C31H52N4O6/c1-7-9-10-11-12-13-20-35(29(39)25(18-19-26(32)37)34-30(40)41-31(4,5)6)27(23-16-14-17-24(36)21-23)28(38)33-22(3)15-8-2/h14,16-17,21-22,25,27,36H,7-13,15,18-20H2,1-6H3,(H2,32,37)(H,33,38)(H,34,40). The zero-order valence-corrected chi connectivity index (χ0v) is 25.8. The van der Waals surface area contributed by atoms with E-state index >= 15 is 0 Å². The van der Waals surface area contributed by atoms with Crippen molar-refractivity contribution >= 4 is 23.8 Å². The number of unbranched alkanes of at least 4 members (excludes halogenated alkanes) is 5. The third-order valence-corrected chi connectivity index (χ3v) is 6.56. The van der Waals surface area contributed by atoms with Crippen molar-refractivity contribution < 1.29 is 29.0 Å². The third kappa shape index (κ3) is 14.2. The minimum absolute atomic E-state index is 0.0361. The number of phenolic OH excluding ortho intramolecular Hbond substituents is 1. The summed E-state index contributed by atoms with van der Waals surface area (Å²) in [5.74, 6) is -1.57. The lowest BCUT2D eigenvalue weighted by molar-refractivity contribution is -0.143. The number of amides is 4. The third-order valence-electron chi connectivity index (χ3n) is 6.56. The summed E-state index contributed by atoms with van der Waals surface area (Å²) in [4.78, 5) is 53.8. The fraction of sp³-hybridized carbons (Fsp3) is 0.677. The average molecular weight is 577 g/mol. The summed E-state index contributed by atoms with van der Waals surface area (Å²) in [6, 6.07) is 3.92. The number of benzene rings is 1. The summed E-state index contributed by atoms with van der Waals surface area (Å²) in [5.41, 5.74) is 5.02. The average Bonchev–Trinajstić information content (AvgIpc) is 2.86. The molecule has 5 N–H and O–H groups in total. The number of alkyl carbamates (subject to hydrolysis) is 1. The highest BCUT2D eigenvalue weighted by atomic mass is 16.6. The quantitative estimate of drug-likeness (QED) is 0.179. The van der Waals surface area contributed by atoms with Crippen LogP contribution in [-0.2, 0) is 19.1 Å². The maximum Gasteiger partial charge on any atom is 0.408 e. The van der Waals surface area contributed by atoms with Crippen molar-refractivity contribution in [1.29, 1.82) is 0 Å². The van der Waals surface area contributed by atoms with Gasteiger partial charge in [0, 0.05) is 19.0 Å². The van der Waals surface area contributed by atoms with Gasteiger partial charge in [0.1, 0.15) is 23.4 Å². The molecule has 41 heavy (non-hydrogen) atoms. The van der Waals surface area contributed by atoms with Crippen LogP contribution in [0.15, 0.2) is 24.3 Å². The molecule has 0 aliphatic carbocycles. The van der Waals surface area contributed by atoms with Crippen molar-refractivity contribution in [2.24, 2.45) is 5.73 Å². The molecule has 232 valence electrons. The molecule has 0 spiro atoms. The number of nitrogens with two attached hydrogens (primary N) is 1. The Balaban J connectivity index is 3.49. The van der Waals surface area contributed by atoms with Crippen molar-refractivity contribution in [1.82, 2.24) is 15.5 Å². The Bertz CT molecular complexity index is 978. The molecule has 0 bridgehead atoms. The zero-order chi connectivity index (χ0) is 31.0. The zero-order valence-electron chi connectivity index (χ0n) is 25.8. The highest BCUT2D eigenvalue weighted by molar-refractivity contribution is 5.92. The molecule has 10 heteroatoms. The van der Waals surface area contributed by atoms with Crippen LogP contribution in [0.1, 0.15) is 117 Å². The van der Waals surface area contributed by atoms with Crippen molar-refractivity contribution in [2.45, 2.75) is 129 Å². The van der Waals surface area contributed by atoms with Gasteiger partial charge in [0.15, 0.2) is 0 Å². The van der Waals surface area contributed by atoms with E-state index in [9.17, 15) is 24.3 Å². The molecule has 1 aromatic carbocycles. The first-order chi connectivity index (χ1) is 19.3. The van der Waals surface area contributed by atoms with Crippen LogP contribution < -0.4 is 16.4 Å². The maximum atomic E-state index is 14.2. The second-order valence-corrected chi connectivity index (χ2v) is 11.7. The molecule has 4 amide bonds. The molecule has 0 aliphatic heterocycles. The Morgan fingerprint density at radius 3 is 2.22 bits per heavy atom. The van der Waals surface area contributed by atoms with E-state index in [1.165, 1.54) is 17.0 Å². The van der Waals surface area contributed by atoms with Gasteiger partial charge in [0.2, 0.25) is 17.7 Å². The van der Waals surface area contributed by atoms with Crippen LogP contribution in [-0.4, -0.2) is 58.1 Å². The van der Waals surface area contributed by atoms with Gasteiger partial charge in [-0.15, -0.1) is 0 Å². The molecule has 0 aliphatic rings. The molecular weight excluding hydrogens is 524 g/mol. The van der Waals surface area contributed by atoms with Gasteiger partial charge in [-0.05, 0) is 64.7 Å². The smallest absolute Gasteiger partial charge is 0.408 e. The molecule has 0 aromatic heterocycles. The Morgan fingerprint density at radius 2 is 1.63 bits per heavy atom. The van der Waals surface area contributed by atoms with Gasteiger partial charge in [-0.25, -0.2) is 4.79 Å². The molecule has 0 saturated heterocycles. The fourth-order valence-corrected chi connectivity index (χ4v) is 4.62. The summed E-state index contributed by atoms with van der Waals surface area (Å²) in [6.07, 6.45) is 6.42. The number of phenols is 1. The Kier molecular flexibility index (Phi) is 15.9. The van der Waals surface area contributed by atoms with E-state index in [0.29, 0.717) is 12.0 Å². The summed E-state index contributed by atoms with van der Waals surface area (Å²) >= 11 is 0. The van der Waals surface area contributed by atoms with E-state index in [4.69, 9.17) is 10.5 Å². The predicted molar refractivity (Wildman–Crippen MR) is 160 cm³/mol. The van der Waals surface area contributed by atoms with Crippen LogP contribution in [0.2, 0.25) is 0 Å². The molecule has 0 heterocycles. The second-order valence-electron chi connectivity index (χ2n) is 11.7. The molecule has 3 unspecified atom stereocenters. The Labute approximate surface area is 245 Å². The molecule has 0 radical (unpaired) electrons. The first kappa shape index (κ1) is 35.7. The van der Waals surface area contributed by atoms with E-state index in [1.807, 2.05) is 13.8 Å².